The van der Waals surface area contributed by atoms with Crippen molar-refractivity contribution in [2.24, 2.45) is 0 Å². The Kier molecular flexibility index (Phi) is 5.18. The average molecular weight is 380 g/mol. The number of anilines is 1. The van der Waals surface area contributed by atoms with Crippen LogP contribution in [0.3, 0.4) is 0 Å². The topological polar surface area (TPSA) is 55.7 Å². The molecule has 0 saturated heterocycles. The lowest BCUT2D eigenvalue weighted by Crippen LogP contribution is -3.12. The van der Waals surface area contributed by atoms with Crippen molar-refractivity contribution in [1.82, 2.24) is 4.98 Å². The molecule has 1 aliphatic heterocycles. The van der Waals surface area contributed by atoms with Crippen LogP contribution in [-0.4, -0.2) is 31.1 Å². The van der Waals surface area contributed by atoms with Gasteiger partial charge < -0.3 is 9.64 Å². The van der Waals surface area contributed by atoms with Gasteiger partial charge in [-0.25, -0.2) is 4.98 Å². The number of ether oxygens (including phenoxy) is 1. The molecule has 3 aromatic rings. The molecule has 6 heteroatoms. The van der Waals surface area contributed by atoms with Gasteiger partial charge in [-0.1, -0.05) is 24.3 Å². The van der Waals surface area contributed by atoms with Gasteiger partial charge in [-0.3, -0.25) is 10.1 Å². The number of carbonyl (C=O) groups is 1. The summed E-state index contributed by atoms with van der Waals surface area (Å²) in [5.41, 5.74) is 4.62. The average Bonchev–Trinajstić information content (AvgIpc) is 3.16. The number of fused-ring (bicyclic) bond motifs is 1. The van der Waals surface area contributed by atoms with Crippen LogP contribution in [0.1, 0.15) is 11.1 Å². The van der Waals surface area contributed by atoms with Crippen LogP contribution in [0, 0.1) is 0 Å². The number of carbonyl (C=O) groups excluding carboxylic acids is 1. The van der Waals surface area contributed by atoms with Crippen LogP contribution in [-0.2, 0) is 17.8 Å². The van der Waals surface area contributed by atoms with Crippen molar-refractivity contribution in [2.75, 3.05) is 25.5 Å². The summed E-state index contributed by atoms with van der Waals surface area (Å²) in [4.78, 5) is 18.3. The van der Waals surface area contributed by atoms with E-state index in [9.17, 15) is 4.79 Å². The van der Waals surface area contributed by atoms with Gasteiger partial charge in [0.2, 0.25) is 0 Å². The van der Waals surface area contributed by atoms with Gasteiger partial charge in [0.05, 0.1) is 19.3 Å². The predicted octanol–water partition coefficient (Wildman–Crippen LogP) is 2.40. The number of quaternary nitrogens is 1. The van der Waals surface area contributed by atoms with E-state index < -0.39 is 0 Å². The fraction of sp³-hybridized carbons (Fsp3) is 0.238. The summed E-state index contributed by atoms with van der Waals surface area (Å²) in [7, 11) is 1.65. The Labute approximate surface area is 162 Å². The van der Waals surface area contributed by atoms with Gasteiger partial charge in [-0.15, -0.1) is 11.3 Å². The van der Waals surface area contributed by atoms with Crippen LogP contribution < -0.4 is 15.0 Å². The number of amides is 1. The summed E-state index contributed by atoms with van der Waals surface area (Å²) in [6.07, 6.45) is 1.03. The first-order valence-corrected chi connectivity index (χ1v) is 9.89. The summed E-state index contributed by atoms with van der Waals surface area (Å²) < 4.78 is 5.18. The highest BCUT2D eigenvalue weighted by atomic mass is 32.1. The Bertz CT molecular complexity index is 937. The Morgan fingerprint density at radius 1 is 1.19 bits per heavy atom. The summed E-state index contributed by atoms with van der Waals surface area (Å²) in [6, 6.07) is 16.2. The molecule has 1 aliphatic rings. The molecule has 1 aromatic heterocycles. The molecule has 1 atom stereocenters. The fourth-order valence-electron chi connectivity index (χ4n) is 3.41. The molecule has 1 unspecified atom stereocenters. The standard InChI is InChI=1S/C21H21N3O2S/c1-26-18-8-6-16(7-9-18)19-14-27-21(22-19)23-20(25)13-24-11-10-15-4-2-3-5-17(15)12-24/h2-9,14H,10-13H2,1H3,(H,22,23,25)/p+1. The molecule has 27 heavy (non-hydrogen) atoms. The van der Waals surface area contributed by atoms with Gasteiger partial charge in [0.1, 0.15) is 12.3 Å². The van der Waals surface area contributed by atoms with E-state index in [-0.39, 0.29) is 5.91 Å². The maximum Gasteiger partial charge on any atom is 0.281 e. The second kappa shape index (κ2) is 7.90. The number of nitrogens with one attached hydrogen (secondary N) is 2. The zero-order valence-electron chi connectivity index (χ0n) is 15.2. The Balaban J connectivity index is 1.35. The van der Waals surface area contributed by atoms with Crippen molar-refractivity contribution < 1.29 is 14.4 Å². The number of hydrogen-bond acceptors (Lipinski definition) is 4. The van der Waals surface area contributed by atoms with Gasteiger partial charge in [0.25, 0.3) is 5.91 Å². The number of aromatic nitrogens is 1. The highest BCUT2D eigenvalue weighted by molar-refractivity contribution is 7.14. The normalized spacial score (nSPS) is 15.8. The molecule has 0 bridgehead atoms. The second-order valence-corrected chi connectivity index (χ2v) is 7.54. The highest BCUT2D eigenvalue weighted by Gasteiger charge is 2.21. The van der Waals surface area contributed by atoms with Crippen LogP contribution in [0.2, 0.25) is 0 Å². The first-order chi connectivity index (χ1) is 13.2. The van der Waals surface area contributed by atoms with Crippen molar-refractivity contribution >= 4 is 22.4 Å². The van der Waals surface area contributed by atoms with E-state index in [0.717, 1.165) is 36.5 Å². The first-order valence-electron chi connectivity index (χ1n) is 9.01. The Morgan fingerprint density at radius 3 is 2.74 bits per heavy atom. The van der Waals surface area contributed by atoms with Crippen molar-refractivity contribution in [2.45, 2.75) is 13.0 Å². The molecule has 0 spiro atoms. The monoisotopic (exact) mass is 380 g/mol. The maximum absolute atomic E-state index is 12.4. The number of thiazole rings is 1. The highest BCUT2D eigenvalue weighted by Crippen LogP contribution is 2.26. The predicted molar refractivity (Wildman–Crippen MR) is 107 cm³/mol. The third-order valence-corrected chi connectivity index (χ3v) is 5.61. The molecule has 138 valence electrons. The number of methoxy groups -OCH3 is 1. The van der Waals surface area contributed by atoms with Crippen LogP contribution >= 0.6 is 11.3 Å². The minimum atomic E-state index is 0.0139. The van der Waals surface area contributed by atoms with Crippen LogP contribution in [0.25, 0.3) is 11.3 Å². The molecule has 5 nitrogen and oxygen atoms in total. The molecule has 0 aliphatic carbocycles. The number of hydrogen-bond donors (Lipinski definition) is 2. The largest absolute Gasteiger partial charge is 0.497 e. The van der Waals surface area contributed by atoms with Gasteiger partial charge in [-0.2, -0.15) is 0 Å². The van der Waals surface area contributed by atoms with E-state index in [1.165, 1.54) is 27.4 Å². The third kappa shape index (κ3) is 4.18. The molecule has 4 rings (SSSR count). The van der Waals surface area contributed by atoms with E-state index in [2.05, 4.69) is 34.6 Å². The smallest absolute Gasteiger partial charge is 0.281 e. The number of rotatable bonds is 5. The van der Waals surface area contributed by atoms with Gasteiger partial charge in [0.15, 0.2) is 11.7 Å². The van der Waals surface area contributed by atoms with Crippen LogP contribution in [0.4, 0.5) is 5.13 Å². The van der Waals surface area contributed by atoms with E-state index in [4.69, 9.17) is 4.74 Å². The van der Waals surface area contributed by atoms with Gasteiger partial charge in [0, 0.05) is 22.9 Å². The molecule has 1 amide bonds. The van der Waals surface area contributed by atoms with Gasteiger partial charge >= 0.3 is 0 Å². The molecule has 0 radical (unpaired) electrons. The zero-order valence-corrected chi connectivity index (χ0v) is 16.0. The second-order valence-electron chi connectivity index (χ2n) is 6.69. The first kappa shape index (κ1) is 17.7. The molecule has 2 N–H and O–H groups in total. The lowest BCUT2D eigenvalue weighted by molar-refractivity contribution is -0.907. The Morgan fingerprint density at radius 2 is 1.96 bits per heavy atom. The molecule has 0 saturated carbocycles. The molecule has 2 heterocycles. The minimum absolute atomic E-state index is 0.0139. The van der Waals surface area contributed by atoms with Crippen LogP contribution in [0.15, 0.2) is 53.9 Å². The molecular weight excluding hydrogens is 358 g/mol. The summed E-state index contributed by atoms with van der Waals surface area (Å²) in [5.74, 6) is 0.827. The van der Waals surface area contributed by atoms with E-state index in [1.54, 1.807) is 7.11 Å². The fourth-order valence-corrected chi connectivity index (χ4v) is 4.15. The Hall–Kier alpha value is -2.70. The number of nitrogens with zero attached hydrogens (tertiary/aromatic N) is 1. The summed E-state index contributed by atoms with van der Waals surface area (Å²) in [5, 5.41) is 5.55. The number of benzene rings is 2. The molecule has 2 aromatic carbocycles. The van der Waals surface area contributed by atoms with Crippen LogP contribution in [0.5, 0.6) is 5.75 Å². The van der Waals surface area contributed by atoms with Crippen molar-refractivity contribution in [3.63, 3.8) is 0 Å². The SMILES string of the molecule is COc1ccc(-c2csc(NC(=O)C[NH+]3CCc4ccccc4C3)n2)cc1. The van der Waals surface area contributed by atoms with Crippen molar-refractivity contribution in [3.8, 4) is 17.0 Å². The molecular formula is C21H22N3O2S+. The third-order valence-electron chi connectivity index (χ3n) is 4.85. The van der Waals surface area contributed by atoms with Crippen molar-refractivity contribution in [1.29, 1.82) is 0 Å². The van der Waals surface area contributed by atoms with E-state index in [0.29, 0.717) is 11.7 Å². The van der Waals surface area contributed by atoms with E-state index >= 15 is 0 Å². The quantitative estimate of drug-likeness (QED) is 0.715. The summed E-state index contributed by atoms with van der Waals surface area (Å²) >= 11 is 1.45. The maximum atomic E-state index is 12.4. The lowest BCUT2D eigenvalue weighted by Gasteiger charge is -2.25. The molecule has 0 fully saturated rings. The van der Waals surface area contributed by atoms with E-state index in [1.807, 2.05) is 29.6 Å². The minimum Gasteiger partial charge on any atom is -0.497 e. The van der Waals surface area contributed by atoms with Gasteiger partial charge in [-0.05, 0) is 29.8 Å². The lowest BCUT2D eigenvalue weighted by atomic mass is 10.00. The summed E-state index contributed by atoms with van der Waals surface area (Å²) in [6.45, 7) is 2.35. The van der Waals surface area contributed by atoms with Crippen molar-refractivity contribution in [3.05, 3.63) is 65.0 Å². The zero-order chi connectivity index (χ0) is 18.6.